The van der Waals surface area contributed by atoms with E-state index in [1.54, 1.807) is 33.8 Å². The van der Waals surface area contributed by atoms with Gasteiger partial charge in [-0.25, -0.2) is 9.18 Å². The van der Waals surface area contributed by atoms with Crippen molar-refractivity contribution in [3.63, 3.8) is 0 Å². The average molecular weight is 548 g/mol. The molecule has 0 saturated heterocycles. The third kappa shape index (κ3) is 2.83. The van der Waals surface area contributed by atoms with Gasteiger partial charge in [0.1, 0.15) is 0 Å². The highest BCUT2D eigenvalue weighted by Crippen LogP contribution is 2.73. The first-order valence-electron chi connectivity index (χ1n) is 11.3. The number of allylic oxidation sites excluding steroid dienone is 4. The number of hydrogen-bond donors (Lipinski definition) is 2. The Hall–Kier alpha value is -1.25. The zero-order chi connectivity index (χ0) is 24.7. The SMILES string of the molecule is CCC(=O)O[C@]1(C(=O)O)[C@H](C)C[C@H]2[C@@H]3C[C@H](Cl)C4=C(F)C(=O)C=C[C@]4(C)[C@@]3(Br)[C@@H](O)C[C@@]21C. The Balaban J connectivity index is 1.89. The molecule has 0 spiro atoms. The second-order valence-electron chi connectivity index (χ2n) is 10.5. The number of aliphatic hydroxyl groups excluding tert-OH is 1. The van der Waals surface area contributed by atoms with Crippen LogP contribution in [0.3, 0.4) is 0 Å². The van der Waals surface area contributed by atoms with E-state index < -0.39 is 61.7 Å². The van der Waals surface area contributed by atoms with E-state index in [1.807, 2.05) is 0 Å². The van der Waals surface area contributed by atoms with Crippen molar-refractivity contribution in [3.05, 3.63) is 23.6 Å². The predicted molar refractivity (Wildman–Crippen MR) is 123 cm³/mol. The molecule has 0 bridgehead atoms. The molecular formula is C24H29BrClFO6. The number of ether oxygens (including phenoxy) is 1. The largest absolute Gasteiger partial charge is 0.478 e. The van der Waals surface area contributed by atoms with Crippen LogP contribution in [-0.4, -0.2) is 49.3 Å². The number of alkyl halides is 2. The summed E-state index contributed by atoms with van der Waals surface area (Å²) in [5, 5.41) is 21.2. The van der Waals surface area contributed by atoms with Crippen LogP contribution in [0.5, 0.6) is 0 Å². The van der Waals surface area contributed by atoms with Crippen LogP contribution in [0.4, 0.5) is 4.39 Å². The van der Waals surface area contributed by atoms with Crippen LogP contribution < -0.4 is 0 Å². The molecule has 9 heteroatoms. The number of carboxylic acid groups (broad SMARTS) is 1. The first-order valence-corrected chi connectivity index (χ1v) is 12.5. The minimum absolute atomic E-state index is 0.0201. The maximum absolute atomic E-state index is 15.0. The molecule has 33 heavy (non-hydrogen) atoms. The fourth-order valence-electron chi connectivity index (χ4n) is 7.59. The van der Waals surface area contributed by atoms with Gasteiger partial charge in [0.15, 0.2) is 5.83 Å². The molecule has 3 fully saturated rings. The molecule has 3 saturated carbocycles. The molecule has 2 N–H and O–H groups in total. The van der Waals surface area contributed by atoms with E-state index in [4.69, 9.17) is 16.3 Å². The van der Waals surface area contributed by atoms with Gasteiger partial charge in [-0.05, 0) is 42.7 Å². The van der Waals surface area contributed by atoms with Gasteiger partial charge in [0.25, 0.3) is 0 Å². The summed E-state index contributed by atoms with van der Waals surface area (Å²) in [6, 6.07) is 0. The Morgan fingerprint density at radius 2 is 1.94 bits per heavy atom. The molecule has 6 nitrogen and oxygen atoms in total. The first-order chi connectivity index (χ1) is 15.2. The Kier molecular flexibility index (Phi) is 5.74. The van der Waals surface area contributed by atoms with E-state index in [0.29, 0.717) is 6.42 Å². The molecule has 0 aromatic carbocycles. The van der Waals surface area contributed by atoms with E-state index in [9.17, 15) is 24.6 Å². The topological polar surface area (TPSA) is 101 Å². The Morgan fingerprint density at radius 3 is 2.52 bits per heavy atom. The van der Waals surface area contributed by atoms with E-state index in [-0.39, 0.29) is 36.7 Å². The van der Waals surface area contributed by atoms with Crippen molar-refractivity contribution >= 4 is 45.3 Å². The zero-order valence-electron chi connectivity index (χ0n) is 19.0. The van der Waals surface area contributed by atoms with E-state index in [2.05, 4.69) is 15.9 Å². The first kappa shape index (κ1) is 24.9. The molecule has 0 radical (unpaired) electrons. The molecule has 0 amide bonds. The molecule has 4 rings (SSSR count). The van der Waals surface area contributed by atoms with E-state index >= 15 is 4.39 Å². The molecule has 0 unspecified atom stereocenters. The summed E-state index contributed by atoms with van der Waals surface area (Å²) in [6.45, 7) is 6.89. The Morgan fingerprint density at radius 1 is 1.30 bits per heavy atom. The van der Waals surface area contributed by atoms with Crippen molar-refractivity contribution < 1.29 is 33.7 Å². The summed E-state index contributed by atoms with van der Waals surface area (Å²) in [7, 11) is 0. The summed E-state index contributed by atoms with van der Waals surface area (Å²) >= 11 is 10.5. The number of carbonyl (C=O) groups excluding carboxylic acids is 2. The van der Waals surface area contributed by atoms with Gasteiger partial charge in [-0.3, -0.25) is 9.59 Å². The Bertz CT molecular complexity index is 997. The van der Waals surface area contributed by atoms with Crippen molar-refractivity contribution in [1.29, 1.82) is 0 Å². The Labute approximate surface area is 205 Å². The lowest BCUT2D eigenvalue weighted by Crippen LogP contribution is -2.70. The quantitative estimate of drug-likeness (QED) is 0.403. The summed E-state index contributed by atoms with van der Waals surface area (Å²) in [5.74, 6) is -4.64. The number of carbonyl (C=O) groups is 3. The van der Waals surface area contributed by atoms with Crippen LogP contribution in [-0.2, 0) is 19.1 Å². The molecular weight excluding hydrogens is 519 g/mol. The minimum atomic E-state index is -1.80. The normalized spacial score (nSPS) is 48.7. The van der Waals surface area contributed by atoms with Crippen LogP contribution >= 0.6 is 27.5 Å². The van der Waals surface area contributed by atoms with Gasteiger partial charge in [-0.15, -0.1) is 11.6 Å². The van der Waals surface area contributed by atoms with Crippen LogP contribution in [0.15, 0.2) is 23.6 Å². The van der Waals surface area contributed by atoms with Crippen LogP contribution in [0.2, 0.25) is 0 Å². The van der Waals surface area contributed by atoms with Crippen molar-refractivity contribution in [2.24, 2.45) is 28.6 Å². The smallest absolute Gasteiger partial charge is 0.349 e. The number of rotatable bonds is 3. The number of halogens is 3. The van der Waals surface area contributed by atoms with Crippen molar-refractivity contribution in [2.75, 3.05) is 0 Å². The number of esters is 1. The van der Waals surface area contributed by atoms with Crippen molar-refractivity contribution in [2.45, 2.75) is 74.8 Å². The summed E-state index contributed by atoms with van der Waals surface area (Å²) < 4.78 is 19.7. The van der Waals surface area contributed by atoms with Crippen LogP contribution in [0, 0.1) is 28.6 Å². The van der Waals surface area contributed by atoms with Crippen LogP contribution in [0.1, 0.15) is 53.4 Å². The third-order valence-electron chi connectivity index (χ3n) is 9.13. The second kappa shape index (κ2) is 7.62. The molecule has 4 aliphatic carbocycles. The number of aliphatic hydroxyl groups is 1. The maximum Gasteiger partial charge on any atom is 0.349 e. The van der Waals surface area contributed by atoms with E-state index in [0.717, 1.165) is 0 Å². The highest BCUT2D eigenvalue weighted by atomic mass is 79.9. The van der Waals surface area contributed by atoms with E-state index in [1.165, 1.54) is 6.08 Å². The van der Waals surface area contributed by atoms with Crippen molar-refractivity contribution in [1.82, 2.24) is 0 Å². The number of hydrogen-bond acceptors (Lipinski definition) is 5. The maximum atomic E-state index is 15.0. The predicted octanol–water partition coefficient (Wildman–Crippen LogP) is 4.32. The lowest BCUT2D eigenvalue weighted by atomic mass is 9.46. The van der Waals surface area contributed by atoms with Gasteiger partial charge in [0.05, 0.1) is 15.8 Å². The summed E-state index contributed by atoms with van der Waals surface area (Å²) in [6.07, 6.45) is 2.40. The molecule has 0 aromatic rings. The zero-order valence-corrected chi connectivity index (χ0v) is 21.4. The monoisotopic (exact) mass is 546 g/mol. The number of carboxylic acids is 1. The fourth-order valence-corrected chi connectivity index (χ4v) is 9.11. The fraction of sp³-hybridized carbons (Fsp3) is 0.708. The standard InChI is InChI=1S/C24H29BrClFO6/c1-5-17(30)33-24(20(31)32)11(2)8-12-13-9-14(26)18-19(27)15(28)6-7-21(18,3)23(13,25)16(29)10-22(12,24)4/h6-7,11-14,16,29H,5,8-10H2,1-4H3,(H,31,32)/t11-,12+,13+,14+,16+,21+,22+,23+,24+/m1/s1. The van der Waals surface area contributed by atoms with Gasteiger partial charge in [0.2, 0.25) is 11.4 Å². The summed E-state index contributed by atoms with van der Waals surface area (Å²) in [4.78, 5) is 37.2. The molecule has 0 aromatic heterocycles. The number of fused-ring (bicyclic) bond motifs is 5. The van der Waals surface area contributed by atoms with Gasteiger partial charge in [-0.2, -0.15) is 0 Å². The molecule has 0 heterocycles. The molecule has 0 aliphatic heterocycles. The minimum Gasteiger partial charge on any atom is -0.478 e. The van der Waals surface area contributed by atoms with Gasteiger partial charge < -0.3 is 14.9 Å². The number of aliphatic carboxylic acids is 1. The van der Waals surface area contributed by atoms with Crippen LogP contribution in [0.25, 0.3) is 0 Å². The highest BCUT2D eigenvalue weighted by Gasteiger charge is 2.77. The van der Waals surface area contributed by atoms with Gasteiger partial charge in [-0.1, -0.05) is 49.7 Å². The van der Waals surface area contributed by atoms with Gasteiger partial charge in [0, 0.05) is 23.2 Å². The molecule has 9 atom stereocenters. The average Bonchev–Trinajstić information content (AvgIpc) is 2.95. The lowest BCUT2D eigenvalue weighted by Gasteiger charge is -2.64. The summed E-state index contributed by atoms with van der Waals surface area (Å²) in [5.41, 5.74) is -3.83. The van der Waals surface area contributed by atoms with Gasteiger partial charge >= 0.3 is 11.9 Å². The third-order valence-corrected chi connectivity index (χ3v) is 11.5. The molecule has 4 aliphatic rings. The highest BCUT2D eigenvalue weighted by molar-refractivity contribution is 9.10. The second-order valence-corrected chi connectivity index (χ2v) is 12.3. The number of ketones is 1. The lowest BCUT2D eigenvalue weighted by molar-refractivity contribution is -0.212. The van der Waals surface area contributed by atoms with Crippen molar-refractivity contribution in [3.8, 4) is 0 Å². The molecule has 182 valence electrons.